The Hall–Kier alpha value is -2.04. The molecule has 0 aromatic carbocycles. The van der Waals surface area contributed by atoms with Gasteiger partial charge < -0.3 is 15.0 Å². The Bertz CT molecular complexity index is 518. The fourth-order valence-electron chi connectivity index (χ4n) is 1.60. The van der Waals surface area contributed by atoms with Crippen LogP contribution in [0.2, 0.25) is 0 Å². The van der Waals surface area contributed by atoms with Crippen LogP contribution in [0, 0.1) is 0 Å². The smallest absolute Gasteiger partial charge is 0.315 e. The molecule has 2 aromatic heterocycles. The average Bonchev–Trinajstić information content (AvgIpc) is 2.69. The predicted octanol–water partition coefficient (Wildman–Crippen LogP) is 1.54. The second-order valence-corrected chi connectivity index (χ2v) is 4.15. The van der Waals surface area contributed by atoms with Gasteiger partial charge in [0.2, 0.25) is 0 Å². The maximum absolute atomic E-state index is 11.4. The van der Waals surface area contributed by atoms with E-state index in [0.29, 0.717) is 6.54 Å². The number of aromatic nitrogens is 2. The highest BCUT2D eigenvalue weighted by atomic mass is 16.2. The van der Waals surface area contributed by atoms with Crippen LogP contribution in [0.25, 0.3) is 5.52 Å². The summed E-state index contributed by atoms with van der Waals surface area (Å²) in [7, 11) is 0. The highest BCUT2D eigenvalue weighted by Crippen LogP contribution is 2.05. The van der Waals surface area contributed by atoms with E-state index >= 15 is 0 Å². The molecule has 0 saturated heterocycles. The minimum absolute atomic E-state index is 0.131. The summed E-state index contributed by atoms with van der Waals surface area (Å²) in [6, 6.07) is 5.83. The number of carbonyl (C=O) groups is 1. The quantitative estimate of drug-likeness (QED) is 0.843. The summed E-state index contributed by atoms with van der Waals surface area (Å²) < 4.78 is 1.95. The Balaban J connectivity index is 2.02. The molecule has 5 heteroatoms. The minimum atomic E-state index is -0.173. The lowest BCUT2D eigenvalue weighted by Crippen LogP contribution is -2.39. The molecule has 2 amide bonds. The summed E-state index contributed by atoms with van der Waals surface area (Å²) in [5.74, 6) is 0.819. The Morgan fingerprint density at radius 2 is 2.29 bits per heavy atom. The van der Waals surface area contributed by atoms with Crippen LogP contribution in [0.1, 0.15) is 19.7 Å². The number of nitrogens with one attached hydrogen (secondary N) is 2. The Morgan fingerprint density at radius 1 is 1.47 bits per heavy atom. The monoisotopic (exact) mass is 232 g/mol. The molecule has 90 valence electrons. The van der Waals surface area contributed by atoms with Crippen LogP contribution in [0.4, 0.5) is 4.79 Å². The van der Waals surface area contributed by atoms with Crippen LogP contribution in [0.15, 0.2) is 30.6 Å². The molecule has 0 radical (unpaired) electrons. The molecule has 0 aliphatic rings. The molecule has 17 heavy (non-hydrogen) atoms. The van der Waals surface area contributed by atoms with Crippen molar-refractivity contribution in [3.05, 3.63) is 36.4 Å². The van der Waals surface area contributed by atoms with Gasteiger partial charge in [-0.2, -0.15) is 0 Å². The molecule has 0 bridgehead atoms. The molecule has 2 aromatic rings. The average molecular weight is 232 g/mol. The summed E-state index contributed by atoms with van der Waals surface area (Å²) >= 11 is 0. The van der Waals surface area contributed by atoms with Crippen molar-refractivity contribution in [2.24, 2.45) is 0 Å². The molecule has 0 aliphatic carbocycles. The molecule has 0 spiro atoms. The largest absolute Gasteiger partial charge is 0.336 e. The Labute approximate surface area is 99.9 Å². The van der Waals surface area contributed by atoms with E-state index in [1.54, 1.807) is 6.20 Å². The van der Waals surface area contributed by atoms with Crippen molar-refractivity contribution in [3.63, 3.8) is 0 Å². The third-order valence-corrected chi connectivity index (χ3v) is 2.34. The van der Waals surface area contributed by atoms with Gasteiger partial charge in [-0.05, 0) is 26.0 Å². The number of imidazole rings is 1. The van der Waals surface area contributed by atoms with E-state index in [2.05, 4.69) is 15.6 Å². The van der Waals surface area contributed by atoms with Crippen LogP contribution in [0.5, 0.6) is 0 Å². The molecule has 0 aliphatic heterocycles. The Morgan fingerprint density at radius 3 is 3.06 bits per heavy atom. The fourth-order valence-corrected chi connectivity index (χ4v) is 1.60. The summed E-state index contributed by atoms with van der Waals surface area (Å²) in [4.78, 5) is 15.7. The van der Waals surface area contributed by atoms with Crippen molar-refractivity contribution in [3.8, 4) is 0 Å². The molecule has 5 nitrogen and oxygen atoms in total. The van der Waals surface area contributed by atoms with Crippen LogP contribution in [-0.2, 0) is 6.54 Å². The number of nitrogens with zero attached hydrogens (tertiary/aromatic N) is 2. The number of hydrogen-bond acceptors (Lipinski definition) is 2. The standard InChI is InChI=1S/C12H16N4O/c1-9(2)15-12(17)14-8-11-13-7-10-5-3-4-6-16(10)11/h3-7,9H,8H2,1-2H3,(H2,14,15,17). The first-order valence-electron chi connectivity index (χ1n) is 5.62. The van der Waals surface area contributed by atoms with E-state index in [0.717, 1.165) is 11.3 Å². The normalized spacial score (nSPS) is 10.8. The van der Waals surface area contributed by atoms with E-state index in [4.69, 9.17) is 0 Å². The lowest BCUT2D eigenvalue weighted by atomic mass is 10.4. The summed E-state index contributed by atoms with van der Waals surface area (Å²) in [6.45, 7) is 4.26. The fraction of sp³-hybridized carbons (Fsp3) is 0.333. The summed E-state index contributed by atoms with van der Waals surface area (Å²) in [6.07, 6.45) is 3.72. The van der Waals surface area contributed by atoms with Crippen molar-refractivity contribution in [2.75, 3.05) is 0 Å². The van der Waals surface area contributed by atoms with E-state index in [9.17, 15) is 4.79 Å². The van der Waals surface area contributed by atoms with Crippen molar-refractivity contribution in [1.82, 2.24) is 20.0 Å². The van der Waals surface area contributed by atoms with Crippen molar-refractivity contribution in [1.29, 1.82) is 0 Å². The number of carbonyl (C=O) groups excluding carboxylic acids is 1. The number of amides is 2. The van der Waals surface area contributed by atoms with Crippen molar-refractivity contribution >= 4 is 11.5 Å². The molecule has 0 saturated carbocycles. The highest BCUT2D eigenvalue weighted by Gasteiger charge is 2.05. The zero-order valence-electron chi connectivity index (χ0n) is 9.97. The first kappa shape index (κ1) is 11.4. The second-order valence-electron chi connectivity index (χ2n) is 4.15. The SMILES string of the molecule is CC(C)NC(=O)NCc1ncc2ccccn12. The van der Waals surface area contributed by atoms with E-state index in [1.165, 1.54) is 0 Å². The molecule has 0 fully saturated rings. The summed E-state index contributed by atoms with van der Waals surface area (Å²) in [5.41, 5.74) is 1.02. The predicted molar refractivity (Wildman–Crippen MR) is 65.7 cm³/mol. The molecule has 2 N–H and O–H groups in total. The van der Waals surface area contributed by atoms with Crippen LogP contribution < -0.4 is 10.6 Å². The van der Waals surface area contributed by atoms with E-state index in [-0.39, 0.29) is 12.1 Å². The van der Waals surface area contributed by atoms with E-state index in [1.807, 2.05) is 42.6 Å². The van der Waals surface area contributed by atoms with Gasteiger partial charge in [0.05, 0.1) is 18.3 Å². The van der Waals surface area contributed by atoms with E-state index < -0.39 is 0 Å². The number of pyridine rings is 1. The number of rotatable bonds is 3. The number of fused-ring (bicyclic) bond motifs is 1. The van der Waals surface area contributed by atoms with Gasteiger partial charge in [-0.15, -0.1) is 0 Å². The number of urea groups is 1. The zero-order chi connectivity index (χ0) is 12.3. The molecule has 2 rings (SSSR count). The van der Waals surface area contributed by atoms with Crippen molar-refractivity contribution < 1.29 is 4.79 Å². The molecular weight excluding hydrogens is 216 g/mol. The second kappa shape index (κ2) is 4.86. The topological polar surface area (TPSA) is 58.4 Å². The zero-order valence-corrected chi connectivity index (χ0v) is 9.97. The van der Waals surface area contributed by atoms with Gasteiger partial charge in [0.25, 0.3) is 0 Å². The van der Waals surface area contributed by atoms with Crippen LogP contribution in [-0.4, -0.2) is 21.5 Å². The minimum Gasteiger partial charge on any atom is -0.336 e. The molecule has 0 unspecified atom stereocenters. The van der Waals surface area contributed by atoms with Gasteiger partial charge in [-0.25, -0.2) is 9.78 Å². The van der Waals surface area contributed by atoms with Gasteiger partial charge in [0.1, 0.15) is 5.82 Å². The molecule has 2 heterocycles. The highest BCUT2D eigenvalue weighted by molar-refractivity contribution is 5.74. The third-order valence-electron chi connectivity index (χ3n) is 2.34. The van der Waals surface area contributed by atoms with Crippen molar-refractivity contribution in [2.45, 2.75) is 26.4 Å². The Kier molecular flexibility index (Phi) is 3.27. The van der Waals surface area contributed by atoms with Gasteiger partial charge >= 0.3 is 6.03 Å². The third kappa shape index (κ3) is 2.75. The maximum atomic E-state index is 11.4. The van der Waals surface area contributed by atoms with Crippen LogP contribution >= 0.6 is 0 Å². The first-order chi connectivity index (χ1) is 8.16. The maximum Gasteiger partial charge on any atom is 0.315 e. The van der Waals surface area contributed by atoms with Gasteiger partial charge in [0, 0.05) is 12.2 Å². The summed E-state index contributed by atoms with van der Waals surface area (Å²) in [5, 5.41) is 5.54. The number of hydrogen-bond donors (Lipinski definition) is 2. The lowest BCUT2D eigenvalue weighted by molar-refractivity contribution is 0.238. The molecular formula is C12H16N4O. The van der Waals surface area contributed by atoms with Gasteiger partial charge in [-0.1, -0.05) is 6.07 Å². The lowest BCUT2D eigenvalue weighted by Gasteiger charge is -2.09. The van der Waals surface area contributed by atoms with Gasteiger partial charge in [0.15, 0.2) is 0 Å². The van der Waals surface area contributed by atoms with Gasteiger partial charge in [-0.3, -0.25) is 0 Å². The first-order valence-corrected chi connectivity index (χ1v) is 5.62. The molecule has 0 atom stereocenters. The van der Waals surface area contributed by atoms with Crippen LogP contribution in [0.3, 0.4) is 0 Å².